The Morgan fingerprint density at radius 1 is 0.769 bits per heavy atom. The molecule has 1 rings (SSSR count). The molecular formula is C8H12Cl4O. The molecule has 0 saturated carbocycles. The SMILES string of the molecule is C#C.Cl.Cl.Cl.Cl.Oc1ccccc1. The van der Waals surface area contributed by atoms with Crippen molar-refractivity contribution in [3.8, 4) is 18.6 Å². The third-order valence-corrected chi connectivity index (χ3v) is 0.756. The van der Waals surface area contributed by atoms with E-state index in [1.807, 2.05) is 6.07 Å². The maximum absolute atomic E-state index is 8.63. The predicted octanol–water partition coefficient (Wildman–Crippen LogP) is 3.33. The lowest BCUT2D eigenvalue weighted by molar-refractivity contribution is 0.475. The van der Waals surface area contributed by atoms with Crippen LogP contribution in [0.2, 0.25) is 0 Å². The molecule has 0 unspecified atom stereocenters. The number of phenolic OH excluding ortho intramolecular Hbond substituents is 1. The molecule has 5 heteroatoms. The Kier molecular flexibility index (Phi) is 51.0. The number of phenols is 1. The van der Waals surface area contributed by atoms with Gasteiger partial charge in [0.25, 0.3) is 0 Å². The number of benzene rings is 1. The zero-order valence-electron chi connectivity index (χ0n) is 6.62. The number of hydrogen-bond donors (Lipinski definition) is 1. The van der Waals surface area contributed by atoms with Gasteiger partial charge in [0.05, 0.1) is 0 Å². The highest BCUT2D eigenvalue weighted by atomic mass is 35.5. The van der Waals surface area contributed by atoms with E-state index in [0.717, 1.165) is 0 Å². The number of para-hydroxylation sites is 1. The van der Waals surface area contributed by atoms with E-state index in [0.29, 0.717) is 5.75 Å². The van der Waals surface area contributed by atoms with Gasteiger partial charge in [0.1, 0.15) is 5.75 Å². The summed E-state index contributed by atoms with van der Waals surface area (Å²) in [6, 6.07) is 8.71. The molecule has 1 aromatic rings. The minimum absolute atomic E-state index is 0. The van der Waals surface area contributed by atoms with Gasteiger partial charge in [-0.3, -0.25) is 0 Å². The van der Waals surface area contributed by atoms with Crippen LogP contribution in [0.4, 0.5) is 0 Å². The topological polar surface area (TPSA) is 20.2 Å². The van der Waals surface area contributed by atoms with E-state index in [1.54, 1.807) is 24.3 Å². The van der Waals surface area contributed by atoms with Crippen LogP contribution in [-0.4, -0.2) is 5.11 Å². The lowest BCUT2D eigenvalue weighted by atomic mass is 10.3. The maximum Gasteiger partial charge on any atom is 0.115 e. The summed E-state index contributed by atoms with van der Waals surface area (Å²) in [5, 5.41) is 8.63. The molecule has 0 amide bonds. The summed E-state index contributed by atoms with van der Waals surface area (Å²) in [6.45, 7) is 0. The fourth-order valence-corrected chi connectivity index (χ4v) is 0.428. The second-order valence-corrected chi connectivity index (χ2v) is 1.34. The van der Waals surface area contributed by atoms with Gasteiger partial charge in [0.15, 0.2) is 0 Å². The summed E-state index contributed by atoms with van der Waals surface area (Å²) in [5.41, 5.74) is 0. The van der Waals surface area contributed by atoms with Gasteiger partial charge in [-0.05, 0) is 12.1 Å². The Bertz CT molecular complexity index is 176. The van der Waals surface area contributed by atoms with Crippen molar-refractivity contribution in [2.24, 2.45) is 0 Å². The number of hydrogen-bond acceptors (Lipinski definition) is 1. The molecule has 0 radical (unpaired) electrons. The molecule has 13 heavy (non-hydrogen) atoms. The molecule has 1 nitrogen and oxygen atoms in total. The Balaban J connectivity index is -0.0000000335. The average Bonchev–Trinajstić information content (AvgIpc) is 1.94. The van der Waals surface area contributed by atoms with Gasteiger partial charge < -0.3 is 5.11 Å². The first-order valence-corrected chi connectivity index (χ1v) is 2.47. The minimum atomic E-state index is 0. The van der Waals surface area contributed by atoms with Crippen LogP contribution < -0.4 is 0 Å². The Labute approximate surface area is 104 Å². The van der Waals surface area contributed by atoms with E-state index in [1.165, 1.54) is 0 Å². The highest BCUT2D eigenvalue weighted by molar-refractivity contribution is 5.86. The van der Waals surface area contributed by atoms with Crippen LogP contribution in [0.25, 0.3) is 0 Å². The van der Waals surface area contributed by atoms with Gasteiger partial charge in [-0.1, -0.05) is 18.2 Å². The van der Waals surface area contributed by atoms with Crippen LogP contribution in [0.3, 0.4) is 0 Å². The molecule has 1 N–H and O–H groups in total. The second-order valence-electron chi connectivity index (χ2n) is 1.34. The van der Waals surface area contributed by atoms with Crippen molar-refractivity contribution < 1.29 is 5.11 Å². The van der Waals surface area contributed by atoms with Crippen molar-refractivity contribution >= 4 is 49.6 Å². The minimum Gasteiger partial charge on any atom is -0.508 e. The first-order chi connectivity index (χ1) is 4.39. The molecule has 0 aliphatic rings. The summed E-state index contributed by atoms with van der Waals surface area (Å²) in [6.07, 6.45) is 8.00. The maximum atomic E-state index is 8.63. The lowest BCUT2D eigenvalue weighted by Crippen LogP contribution is -1.56. The number of halogens is 4. The summed E-state index contributed by atoms with van der Waals surface area (Å²) < 4.78 is 0. The van der Waals surface area contributed by atoms with Gasteiger partial charge in [-0.15, -0.1) is 62.5 Å². The summed E-state index contributed by atoms with van der Waals surface area (Å²) in [7, 11) is 0. The highest BCUT2D eigenvalue weighted by Crippen LogP contribution is 2.02. The van der Waals surface area contributed by atoms with E-state index in [2.05, 4.69) is 12.8 Å². The zero-order chi connectivity index (χ0) is 7.11. The van der Waals surface area contributed by atoms with Crippen LogP contribution in [-0.2, 0) is 0 Å². The molecular weight excluding hydrogens is 254 g/mol. The predicted molar refractivity (Wildman–Crippen MR) is 67.0 cm³/mol. The van der Waals surface area contributed by atoms with Crippen LogP contribution in [0.5, 0.6) is 5.75 Å². The molecule has 0 spiro atoms. The Morgan fingerprint density at radius 3 is 1.23 bits per heavy atom. The third kappa shape index (κ3) is 18.6. The summed E-state index contributed by atoms with van der Waals surface area (Å²) >= 11 is 0. The summed E-state index contributed by atoms with van der Waals surface area (Å²) in [4.78, 5) is 0. The van der Waals surface area contributed by atoms with Crippen LogP contribution >= 0.6 is 49.6 Å². The van der Waals surface area contributed by atoms with E-state index < -0.39 is 0 Å². The van der Waals surface area contributed by atoms with E-state index in [4.69, 9.17) is 5.11 Å². The Morgan fingerprint density at radius 2 is 1.08 bits per heavy atom. The summed E-state index contributed by atoms with van der Waals surface area (Å²) in [5.74, 6) is 0.322. The third-order valence-electron chi connectivity index (χ3n) is 0.756. The van der Waals surface area contributed by atoms with Crippen molar-refractivity contribution in [1.29, 1.82) is 0 Å². The Hall–Kier alpha value is -0.260. The molecule has 0 heterocycles. The van der Waals surface area contributed by atoms with Crippen molar-refractivity contribution in [1.82, 2.24) is 0 Å². The van der Waals surface area contributed by atoms with Crippen molar-refractivity contribution in [2.75, 3.05) is 0 Å². The van der Waals surface area contributed by atoms with Crippen LogP contribution in [0.1, 0.15) is 0 Å². The van der Waals surface area contributed by atoms with Crippen LogP contribution in [0.15, 0.2) is 30.3 Å². The molecule has 0 bridgehead atoms. The normalized spacial score (nSPS) is 4.77. The molecule has 78 valence electrons. The smallest absolute Gasteiger partial charge is 0.115 e. The van der Waals surface area contributed by atoms with Gasteiger partial charge in [0, 0.05) is 0 Å². The van der Waals surface area contributed by atoms with Gasteiger partial charge in [-0.2, -0.15) is 0 Å². The monoisotopic (exact) mass is 264 g/mol. The first kappa shape index (κ1) is 29.3. The number of terminal acetylenes is 1. The van der Waals surface area contributed by atoms with Crippen molar-refractivity contribution in [3.63, 3.8) is 0 Å². The van der Waals surface area contributed by atoms with Crippen molar-refractivity contribution in [3.05, 3.63) is 30.3 Å². The highest BCUT2D eigenvalue weighted by Gasteiger charge is 1.74. The van der Waals surface area contributed by atoms with Gasteiger partial charge in [-0.25, -0.2) is 0 Å². The first-order valence-electron chi connectivity index (χ1n) is 2.47. The molecule has 0 aliphatic heterocycles. The van der Waals surface area contributed by atoms with Crippen molar-refractivity contribution in [2.45, 2.75) is 0 Å². The van der Waals surface area contributed by atoms with E-state index in [-0.39, 0.29) is 49.6 Å². The largest absolute Gasteiger partial charge is 0.508 e. The molecule has 0 aromatic heterocycles. The molecule has 0 atom stereocenters. The van der Waals surface area contributed by atoms with Gasteiger partial charge in [0.2, 0.25) is 0 Å². The number of rotatable bonds is 0. The fraction of sp³-hybridized carbons (Fsp3) is 0. The quantitative estimate of drug-likeness (QED) is 0.714. The van der Waals surface area contributed by atoms with E-state index in [9.17, 15) is 0 Å². The lowest BCUT2D eigenvalue weighted by Gasteiger charge is -1.82. The standard InChI is InChI=1S/C6H6O.C2H2.4ClH/c7-6-4-2-1-3-5-6;1-2;;;;/h1-5,7H;1-2H;4*1H. The fourth-order valence-electron chi connectivity index (χ4n) is 0.428. The second kappa shape index (κ2) is 22.6. The molecule has 0 saturated heterocycles. The zero-order valence-corrected chi connectivity index (χ0v) is 9.89. The molecule has 1 aromatic carbocycles. The van der Waals surface area contributed by atoms with Gasteiger partial charge >= 0.3 is 0 Å². The van der Waals surface area contributed by atoms with Crippen LogP contribution in [0, 0.1) is 12.8 Å². The van der Waals surface area contributed by atoms with E-state index >= 15 is 0 Å². The average molecular weight is 266 g/mol. The molecule has 0 aliphatic carbocycles. The molecule has 0 fully saturated rings. The number of aromatic hydroxyl groups is 1.